The first-order valence-corrected chi connectivity index (χ1v) is 10.4. The Bertz CT molecular complexity index is 1390. The second kappa shape index (κ2) is 7.64. The number of amides is 1. The molecule has 0 radical (unpaired) electrons. The quantitative estimate of drug-likeness (QED) is 0.478. The van der Waals surface area contributed by atoms with Crippen LogP contribution in [0.25, 0.3) is 11.0 Å². The van der Waals surface area contributed by atoms with Crippen molar-refractivity contribution in [3.63, 3.8) is 0 Å². The molecule has 1 amide bonds. The van der Waals surface area contributed by atoms with Crippen molar-refractivity contribution in [1.29, 1.82) is 0 Å². The van der Waals surface area contributed by atoms with Gasteiger partial charge in [0.2, 0.25) is 5.76 Å². The Hall–Kier alpha value is -3.93. The molecule has 1 aliphatic rings. The molecule has 0 fully saturated rings. The molecule has 3 heterocycles. The van der Waals surface area contributed by atoms with Crippen LogP contribution in [0.3, 0.4) is 0 Å². The number of rotatable bonds is 4. The van der Waals surface area contributed by atoms with Gasteiger partial charge in [-0.25, -0.2) is 0 Å². The largest absolute Gasteiger partial charge is 0.497 e. The van der Waals surface area contributed by atoms with Crippen molar-refractivity contribution in [2.24, 2.45) is 0 Å². The van der Waals surface area contributed by atoms with E-state index in [1.807, 2.05) is 62.4 Å². The van der Waals surface area contributed by atoms with Gasteiger partial charge in [0.15, 0.2) is 5.43 Å². The first kappa shape index (κ1) is 20.0. The monoisotopic (exact) mass is 426 g/mol. The third kappa shape index (κ3) is 3.15. The topological polar surface area (TPSA) is 72.6 Å². The van der Waals surface area contributed by atoms with E-state index in [1.54, 1.807) is 24.4 Å². The molecule has 0 saturated carbocycles. The fraction of sp³-hybridized carbons (Fsp3) is 0.192. The van der Waals surface area contributed by atoms with Crippen LogP contribution in [-0.4, -0.2) is 22.9 Å². The Morgan fingerprint density at radius 1 is 1.09 bits per heavy atom. The Kier molecular flexibility index (Phi) is 4.78. The number of hydrogen-bond acceptors (Lipinski definition) is 5. The highest BCUT2D eigenvalue weighted by molar-refractivity contribution is 5.99. The number of carbonyl (C=O) groups is 1. The van der Waals surface area contributed by atoms with Crippen LogP contribution in [0.15, 0.2) is 70.1 Å². The Balaban J connectivity index is 1.74. The summed E-state index contributed by atoms with van der Waals surface area (Å²) < 4.78 is 11.4. The Morgan fingerprint density at radius 2 is 1.88 bits per heavy atom. The van der Waals surface area contributed by atoms with E-state index >= 15 is 0 Å². The van der Waals surface area contributed by atoms with E-state index in [-0.39, 0.29) is 17.1 Å². The number of hydrogen-bond donors (Lipinski definition) is 0. The first-order chi connectivity index (χ1) is 15.5. The van der Waals surface area contributed by atoms with Gasteiger partial charge in [-0.2, -0.15) is 0 Å². The van der Waals surface area contributed by atoms with Crippen molar-refractivity contribution in [1.82, 2.24) is 9.88 Å². The lowest BCUT2D eigenvalue weighted by atomic mass is 9.97. The van der Waals surface area contributed by atoms with E-state index in [1.165, 1.54) is 0 Å². The normalized spacial score (nSPS) is 15.3. The zero-order valence-corrected chi connectivity index (χ0v) is 18.1. The molecule has 160 valence electrons. The summed E-state index contributed by atoms with van der Waals surface area (Å²) in [7, 11) is 1.60. The van der Waals surface area contributed by atoms with Crippen LogP contribution in [0.5, 0.6) is 5.75 Å². The van der Waals surface area contributed by atoms with E-state index < -0.39 is 6.04 Å². The maximum atomic E-state index is 13.7. The minimum absolute atomic E-state index is 0.110. The van der Waals surface area contributed by atoms with Crippen molar-refractivity contribution in [3.8, 4) is 5.75 Å². The molecule has 32 heavy (non-hydrogen) atoms. The zero-order valence-electron chi connectivity index (χ0n) is 18.1. The smallest absolute Gasteiger partial charge is 0.291 e. The van der Waals surface area contributed by atoms with Gasteiger partial charge in [-0.15, -0.1) is 0 Å². The van der Waals surface area contributed by atoms with Crippen LogP contribution >= 0.6 is 0 Å². The summed E-state index contributed by atoms with van der Waals surface area (Å²) in [5.41, 5.74) is 4.16. The van der Waals surface area contributed by atoms with E-state index in [9.17, 15) is 9.59 Å². The molecule has 2 aromatic heterocycles. The number of methoxy groups -OCH3 is 1. The summed E-state index contributed by atoms with van der Waals surface area (Å²) in [6.07, 6.45) is 3.41. The van der Waals surface area contributed by atoms with Gasteiger partial charge in [0.1, 0.15) is 11.3 Å². The Labute approximate surface area is 185 Å². The van der Waals surface area contributed by atoms with Crippen LogP contribution in [0.4, 0.5) is 0 Å². The van der Waals surface area contributed by atoms with Crippen LogP contribution in [0, 0.1) is 13.8 Å². The van der Waals surface area contributed by atoms with Gasteiger partial charge in [0.25, 0.3) is 5.91 Å². The van der Waals surface area contributed by atoms with Gasteiger partial charge in [-0.3, -0.25) is 14.6 Å². The van der Waals surface area contributed by atoms with Crippen LogP contribution in [0.2, 0.25) is 0 Å². The average molecular weight is 426 g/mol. The molecule has 1 atom stereocenters. The maximum Gasteiger partial charge on any atom is 0.291 e. The average Bonchev–Trinajstić information content (AvgIpc) is 3.07. The lowest BCUT2D eigenvalue weighted by Crippen LogP contribution is -2.29. The van der Waals surface area contributed by atoms with E-state index in [4.69, 9.17) is 9.15 Å². The van der Waals surface area contributed by atoms with Crippen LogP contribution in [-0.2, 0) is 6.54 Å². The third-order valence-electron chi connectivity index (χ3n) is 5.90. The Morgan fingerprint density at radius 3 is 2.56 bits per heavy atom. The van der Waals surface area contributed by atoms with E-state index in [2.05, 4.69) is 4.98 Å². The van der Waals surface area contributed by atoms with Crippen molar-refractivity contribution in [2.75, 3.05) is 7.11 Å². The standard InChI is InChI=1S/C26H22N2O4/c1-15-11-16(2)24-20(12-15)23(29)21-22(18-6-8-19(31-3)9-7-18)28(26(30)25(21)32-24)14-17-5-4-10-27-13-17/h4-13,22H,14H2,1-3H3/t22-/m1/s1. The minimum Gasteiger partial charge on any atom is -0.497 e. The highest BCUT2D eigenvalue weighted by atomic mass is 16.5. The maximum absolute atomic E-state index is 13.7. The molecule has 1 aliphatic heterocycles. The molecular weight excluding hydrogens is 404 g/mol. The summed E-state index contributed by atoms with van der Waals surface area (Å²) in [5, 5.41) is 0.496. The van der Waals surface area contributed by atoms with Crippen molar-refractivity contribution < 1.29 is 13.9 Å². The van der Waals surface area contributed by atoms with Crippen molar-refractivity contribution in [2.45, 2.75) is 26.4 Å². The number of aryl methyl sites for hydroxylation is 2. The molecule has 0 saturated heterocycles. The summed E-state index contributed by atoms with van der Waals surface area (Å²) in [6, 6.07) is 14.4. The molecule has 6 heteroatoms. The minimum atomic E-state index is -0.565. The molecule has 0 bridgehead atoms. The summed E-state index contributed by atoms with van der Waals surface area (Å²) >= 11 is 0. The summed E-state index contributed by atoms with van der Waals surface area (Å²) in [6.45, 7) is 4.14. The SMILES string of the molecule is COc1ccc([C@@H]2c3c(oc4c(C)cc(C)cc4c3=O)C(=O)N2Cc2cccnc2)cc1. The second-order valence-electron chi connectivity index (χ2n) is 8.10. The zero-order chi connectivity index (χ0) is 22.4. The lowest BCUT2D eigenvalue weighted by Gasteiger charge is -2.25. The molecule has 0 spiro atoms. The van der Waals surface area contributed by atoms with Gasteiger partial charge >= 0.3 is 0 Å². The van der Waals surface area contributed by atoms with E-state index in [0.29, 0.717) is 28.8 Å². The second-order valence-corrected chi connectivity index (χ2v) is 8.10. The molecule has 0 aliphatic carbocycles. The number of fused-ring (bicyclic) bond motifs is 2. The molecule has 4 aromatic rings. The predicted molar refractivity (Wildman–Crippen MR) is 121 cm³/mol. The highest BCUT2D eigenvalue weighted by Gasteiger charge is 2.42. The van der Waals surface area contributed by atoms with E-state index in [0.717, 1.165) is 22.3 Å². The van der Waals surface area contributed by atoms with Crippen LogP contribution in [0.1, 0.15) is 44.4 Å². The number of carbonyl (C=O) groups excluding carboxylic acids is 1. The van der Waals surface area contributed by atoms with Gasteiger partial charge in [-0.1, -0.05) is 24.3 Å². The molecule has 5 rings (SSSR count). The number of nitrogens with zero attached hydrogens (tertiary/aromatic N) is 2. The van der Waals surface area contributed by atoms with Gasteiger partial charge in [0.05, 0.1) is 24.1 Å². The van der Waals surface area contributed by atoms with Crippen molar-refractivity contribution >= 4 is 16.9 Å². The molecule has 2 aromatic carbocycles. The van der Waals surface area contributed by atoms with Gasteiger partial charge in [-0.05, 0) is 60.4 Å². The first-order valence-electron chi connectivity index (χ1n) is 10.4. The highest BCUT2D eigenvalue weighted by Crippen LogP contribution is 2.40. The number of ether oxygens (including phenoxy) is 1. The fourth-order valence-corrected chi connectivity index (χ4v) is 4.46. The summed E-state index contributed by atoms with van der Waals surface area (Å²) in [4.78, 5) is 33.1. The number of pyridine rings is 1. The molecular formula is C26H22N2O4. The third-order valence-corrected chi connectivity index (χ3v) is 5.90. The van der Waals surface area contributed by atoms with Crippen LogP contribution < -0.4 is 10.2 Å². The lowest BCUT2D eigenvalue weighted by molar-refractivity contribution is 0.0714. The van der Waals surface area contributed by atoms with Gasteiger partial charge in [0, 0.05) is 18.9 Å². The molecule has 0 unspecified atom stereocenters. The predicted octanol–water partition coefficient (Wildman–Crippen LogP) is 4.56. The van der Waals surface area contributed by atoms with Crippen molar-refractivity contribution in [3.05, 3.63) is 105 Å². The number of aromatic nitrogens is 1. The fourth-order valence-electron chi connectivity index (χ4n) is 4.46. The molecule has 6 nitrogen and oxygen atoms in total. The number of benzene rings is 2. The van der Waals surface area contributed by atoms with Gasteiger partial charge < -0.3 is 14.1 Å². The summed E-state index contributed by atoms with van der Waals surface area (Å²) in [5.74, 6) is 0.511. The molecule has 0 N–H and O–H groups in total.